The topological polar surface area (TPSA) is 66.9 Å². The van der Waals surface area contributed by atoms with Crippen LogP contribution in [0, 0.1) is 0 Å². The number of fused-ring (bicyclic) bond motifs is 1. The Kier molecular flexibility index (Phi) is 5.66. The standard InChI is InChI=1S/C22H25ClN2O4S/c1-14-10-17-6-4-5-7-20(17)25(14)22(26)18-8-9-19(23)21(11-18)30(27,28)24-12-15(2)29-16(3)13-24/h4-9,11,14-16H,10,12-13H2,1-3H3/t14-,15+,16+/m1/s1. The van der Waals surface area contributed by atoms with Gasteiger partial charge >= 0.3 is 0 Å². The van der Waals surface area contributed by atoms with Crippen LogP contribution in [0.25, 0.3) is 0 Å². The second-order valence-electron chi connectivity index (χ2n) is 8.08. The van der Waals surface area contributed by atoms with Crippen LogP contribution in [0.3, 0.4) is 0 Å². The number of hydrogen-bond donors (Lipinski definition) is 0. The maximum absolute atomic E-state index is 13.3. The van der Waals surface area contributed by atoms with Crippen LogP contribution in [-0.4, -0.2) is 50.0 Å². The summed E-state index contributed by atoms with van der Waals surface area (Å²) in [7, 11) is -3.86. The number of benzene rings is 2. The molecule has 2 aliphatic heterocycles. The Morgan fingerprint density at radius 3 is 2.43 bits per heavy atom. The molecule has 0 spiro atoms. The van der Waals surface area contributed by atoms with E-state index >= 15 is 0 Å². The first-order chi connectivity index (χ1) is 14.2. The molecule has 4 rings (SSSR count). The molecule has 160 valence electrons. The number of ether oxygens (including phenoxy) is 1. The number of rotatable bonds is 3. The summed E-state index contributed by atoms with van der Waals surface area (Å²) >= 11 is 6.28. The molecule has 0 N–H and O–H groups in total. The number of para-hydroxylation sites is 1. The van der Waals surface area contributed by atoms with Crippen molar-refractivity contribution >= 4 is 33.2 Å². The van der Waals surface area contributed by atoms with Crippen LogP contribution in [0.1, 0.15) is 36.7 Å². The first kappa shape index (κ1) is 21.3. The molecule has 30 heavy (non-hydrogen) atoms. The Morgan fingerprint density at radius 1 is 1.07 bits per heavy atom. The molecule has 1 saturated heterocycles. The van der Waals surface area contributed by atoms with Crippen molar-refractivity contribution < 1.29 is 17.9 Å². The van der Waals surface area contributed by atoms with Gasteiger partial charge in [0.25, 0.3) is 5.91 Å². The SMILES string of the molecule is C[C@@H]1Cc2ccccc2N1C(=O)c1ccc(Cl)c(S(=O)(=O)N2C[C@H](C)O[C@@H](C)C2)c1. The first-order valence-corrected chi connectivity index (χ1v) is 11.9. The molecule has 0 radical (unpaired) electrons. The van der Waals surface area contributed by atoms with Gasteiger partial charge in [-0.2, -0.15) is 4.31 Å². The van der Waals surface area contributed by atoms with Crippen molar-refractivity contribution in [3.63, 3.8) is 0 Å². The number of anilines is 1. The summed E-state index contributed by atoms with van der Waals surface area (Å²) in [4.78, 5) is 15.0. The van der Waals surface area contributed by atoms with Gasteiger partial charge in [0.1, 0.15) is 4.90 Å². The van der Waals surface area contributed by atoms with E-state index in [4.69, 9.17) is 16.3 Å². The van der Waals surface area contributed by atoms with Gasteiger partial charge in [-0.3, -0.25) is 4.79 Å². The Morgan fingerprint density at radius 2 is 1.73 bits per heavy atom. The van der Waals surface area contributed by atoms with Crippen LogP contribution in [0.2, 0.25) is 5.02 Å². The van der Waals surface area contributed by atoms with E-state index in [-0.39, 0.29) is 47.2 Å². The zero-order valence-electron chi connectivity index (χ0n) is 17.2. The Balaban J connectivity index is 1.69. The normalized spacial score (nSPS) is 24.7. The van der Waals surface area contributed by atoms with Gasteiger partial charge in [-0.15, -0.1) is 0 Å². The largest absolute Gasteiger partial charge is 0.373 e. The third-order valence-corrected chi connectivity index (χ3v) is 7.92. The lowest BCUT2D eigenvalue weighted by atomic mass is 10.1. The summed E-state index contributed by atoms with van der Waals surface area (Å²) in [5.41, 5.74) is 2.28. The molecule has 1 amide bonds. The Labute approximate surface area is 182 Å². The van der Waals surface area contributed by atoms with Gasteiger partial charge in [-0.1, -0.05) is 29.8 Å². The molecule has 2 aromatic rings. The summed E-state index contributed by atoms with van der Waals surface area (Å²) in [5, 5.41) is 0.105. The highest BCUT2D eigenvalue weighted by atomic mass is 35.5. The predicted octanol–water partition coefficient (Wildman–Crippen LogP) is 3.73. The fourth-order valence-electron chi connectivity index (χ4n) is 4.31. The molecule has 0 bridgehead atoms. The van der Waals surface area contributed by atoms with Crippen molar-refractivity contribution in [3.8, 4) is 0 Å². The third-order valence-electron chi connectivity index (χ3n) is 5.61. The number of amides is 1. The highest BCUT2D eigenvalue weighted by Gasteiger charge is 2.35. The number of hydrogen-bond acceptors (Lipinski definition) is 4. The minimum atomic E-state index is -3.86. The molecular weight excluding hydrogens is 424 g/mol. The molecule has 3 atom stereocenters. The lowest BCUT2D eigenvalue weighted by Crippen LogP contribution is -2.48. The van der Waals surface area contributed by atoms with Crippen LogP contribution in [0.15, 0.2) is 47.4 Å². The van der Waals surface area contributed by atoms with Crippen LogP contribution < -0.4 is 4.90 Å². The average molecular weight is 449 g/mol. The summed E-state index contributed by atoms with van der Waals surface area (Å²) in [5.74, 6) is -0.232. The molecule has 6 nitrogen and oxygen atoms in total. The van der Waals surface area contributed by atoms with Crippen LogP contribution >= 0.6 is 11.6 Å². The third kappa shape index (κ3) is 3.75. The van der Waals surface area contributed by atoms with Gasteiger partial charge in [-0.05, 0) is 57.0 Å². The smallest absolute Gasteiger partial charge is 0.258 e. The predicted molar refractivity (Wildman–Crippen MR) is 117 cm³/mol. The fourth-order valence-corrected chi connectivity index (χ4v) is 6.41. The van der Waals surface area contributed by atoms with Gasteiger partial charge in [-0.25, -0.2) is 8.42 Å². The van der Waals surface area contributed by atoms with Crippen molar-refractivity contribution in [2.24, 2.45) is 0 Å². The molecule has 2 heterocycles. The molecule has 0 aromatic heterocycles. The highest BCUT2D eigenvalue weighted by molar-refractivity contribution is 7.89. The second-order valence-corrected chi connectivity index (χ2v) is 10.4. The lowest BCUT2D eigenvalue weighted by molar-refractivity contribution is -0.0440. The highest BCUT2D eigenvalue weighted by Crippen LogP contribution is 2.34. The molecule has 1 fully saturated rings. The van der Waals surface area contributed by atoms with E-state index in [0.29, 0.717) is 5.56 Å². The minimum absolute atomic E-state index is 0.00780. The number of carbonyl (C=O) groups excluding carboxylic acids is 1. The van der Waals surface area contributed by atoms with Gasteiger partial charge < -0.3 is 9.64 Å². The maximum atomic E-state index is 13.3. The number of morpholine rings is 1. The van der Waals surface area contributed by atoms with Crippen LogP contribution in [0.5, 0.6) is 0 Å². The number of carbonyl (C=O) groups is 1. The van der Waals surface area contributed by atoms with E-state index in [9.17, 15) is 13.2 Å². The summed E-state index contributed by atoms with van der Waals surface area (Å²) in [6, 6.07) is 12.2. The summed E-state index contributed by atoms with van der Waals surface area (Å²) < 4.78 is 33.7. The van der Waals surface area contributed by atoms with Crippen molar-refractivity contribution in [2.75, 3.05) is 18.0 Å². The molecule has 0 aliphatic carbocycles. The van der Waals surface area contributed by atoms with Crippen molar-refractivity contribution in [3.05, 3.63) is 58.6 Å². The van der Waals surface area contributed by atoms with Crippen molar-refractivity contribution in [1.29, 1.82) is 0 Å². The molecular formula is C22H25ClN2O4S. The van der Waals surface area contributed by atoms with Crippen molar-refractivity contribution in [2.45, 2.75) is 50.3 Å². The van der Waals surface area contributed by atoms with E-state index in [1.807, 2.05) is 45.0 Å². The van der Waals surface area contributed by atoms with E-state index < -0.39 is 10.0 Å². The molecule has 8 heteroatoms. The molecule has 0 saturated carbocycles. The van der Waals surface area contributed by atoms with Crippen LogP contribution in [0.4, 0.5) is 5.69 Å². The van der Waals surface area contributed by atoms with Gasteiger partial charge in [0.05, 0.1) is 17.2 Å². The quantitative estimate of drug-likeness (QED) is 0.717. The zero-order valence-corrected chi connectivity index (χ0v) is 18.8. The van der Waals surface area contributed by atoms with E-state index in [1.165, 1.54) is 16.4 Å². The van der Waals surface area contributed by atoms with Gasteiger partial charge in [0.2, 0.25) is 10.0 Å². The summed E-state index contributed by atoms with van der Waals surface area (Å²) in [6.45, 7) is 6.16. The molecule has 2 aromatic carbocycles. The first-order valence-electron chi connectivity index (χ1n) is 10.0. The fraction of sp³-hybridized carbons (Fsp3) is 0.409. The van der Waals surface area contributed by atoms with E-state index in [2.05, 4.69) is 0 Å². The van der Waals surface area contributed by atoms with Crippen LogP contribution in [-0.2, 0) is 21.2 Å². The monoisotopic (exact) mass is 448 g/mol. The molecule has 2 aliphatic rings. The average Bonchev–Trinajstić information content (AvgIpc) is 3.02. The number of halogens is 1. The number of sulfonamides is 1. The minimum Gasteiger partial charge on any atom is -0.373 e. The molecule has 0 unspecified atom stereocenters. The van der Waals surface area contributed by atoms with Gasteiger partial charge in [0, 0.05) is 30.4 Å². The zero-order chi connectivity index (χ0) is 21.6. The van der Waals surface area contributed by atoms with E-state index in [1.54, 1.807) is 11.0 Å². The number of nitrogens with zero attached hydrogens (tertiary/aromatic N) is 2. The maximum Gasteiger partial charge on any atom is 0.258 e. The summed E-state index contributed by atoms with van der Waals surface area (Å²) in [6.07, 6.45) is 0.340. The Bertz CT molecular complexity index is 1080. The second kappa shape index (κ2) is 7.96. The lowest BCUT2D eigenvalue weighted by Gasteiger charge is -2.34. The van der Waals surface area contributed by atoms with Gasteiger partial charge in [0.15, 0.2) is 0 Å². The van der Waals surface area contributed by atoms with E-state index in [0.717, 1.165) is 17.7 Å². The Hall–Kier alpha value is -1.93. The van der Waals surface area contributed by atoms with Crippen molar-refractivity contribution in [1.82, 2.24) is 4.31 Å².